The fourth-order valence-corrected chi connectivity index (χ4v) is 1.12. The zero-order valence-corrected chi connectivity index (χ0v) is 8.75. The Labute approximate surface area is 90.7 Å². The van der Waals surface area contributed by atoms with Gasteiger partial charge in [-0.2, -0.15) is 0 Å². The molecule has 16 heavy (non-hydrogen) atoms. The van der Waals surface area contributed by atoms with E-state index in [9.17, 15) is 4.79 Å². The summed E-state index contributed by atoms with van der Waals surface area (Å²) in [4.78, 5) is 19.5. The maximum atomic E-state index is 11.8. The van der Waals surface area contributed by atoms with Crippen LogP contribution in [0.1, 0.15) is 16.1 Å². The van der Waals surface area contributed by atoms with Gasteiger partial charge in [0.2, 0.25) is 5.95 Å². The van der Waals surface area contributed by atoms with E-state index in [0.717, 1.165) is 0 Å². The molecule has 0 aromatic carbocycles. The fraction of sp³-hybridized carbons (Fsp3) is 0.250. The summed E-state index contributed by atoms with van der Waals surface area (Å²) in [5.41, 5.74) is 0.994. The molecular formula is C8H9N7O. The number of hydrogen-bond donors (Lipinski definition) is 1. The van der Waals surface area contributed by atoms with Crippen molar-refractivity contribution < 1.29 is 4.79 Å². The smallest absolute Gasteiger partial charge is 0.261 e. The molecule has 0 saturated carbocycles. The molecule has 2 heterocycles. The van der Waals surface area contributed by atoms with Crippen LogP contribution >= 0.6 is 0 Å². The standard InChI is InChI=1S/C8H9N7O/c1-5-6(3-9-4-10-5)7(16)11-8-12-13-14-15(8)2/h3-4H,1-2H3,(H,11,12,14,16). The molecular weight excluding hydrogens is 210 g/mol. The minimum Gasteiger partial charge on any atom is -0.289 e. The van der Waals surface area contributed by atoms with Gasteiger partial charge in [-0.25, -0.2) is 14.6 Å². The van der Waals surface area contributed by atoms with Crippen LogP contribution in [0.15, 0.2) is 12.5 Å². The fourth-order valence-electron chi connectivity index (χ4n) is 1.12. The van der Waals surface area contributed by atoms with Crippen LogP contribution < -0.4 is 5.32 Å². The third kappa shape index (κ3) is 1.85. The topological polar surface area (TPSA) is 98.5 Å². The number of carbonyl (C=O) groups excluding carboxylic acids is 1. The summed E-state index contributed by atoms with van der Waals surface area (Å²) < 4.78 is 1.36. The van der Waals surface area contributed by atoms with Crippen LogP contribution in [0.25, 0.3) is 0 Å². The lowest BCUT2D eigenvalue weighted by Crippen LogP contribution is -2.17. The zero-order chi connectivity index (χ0) is 11.5. The van der Waals surface area contributed by atoms with Gasteiger partial charge < -0.3 is 0 Å². The van der Waals surface area contributed by atoms with Crippen molar-refractivity contribution in [1.82, 2.24) is 30.2 Å². The minimum absolute atomic E-state index is 0.272. The number of amides is 1. The lowest BCUT2D eigenvalue weighted by molar-refractivity contribution is 0.102. The monoisotopic (exact) mass is 219 g/mol. The number of aryl methyl sites for hydroxylation is 2. The lowest BCUT2D eigenvalue weighted by atomic mass is 10.2. The molecule has 0 aliphatic heterocycles. The van der Waals surface area contributed by atoms with E-state index in [2.05, 4.69) is 30.8 Å². The van der Waals surface area contributed by atoms with Gasteiger partial charge >= 0.3 is 0 Å². The van der Waals surface area contributed by atoms with Crippen molar-refractivity contribution in [1.29, 1.82) is 0 Å². The van der Waals surface area contributed by atoms with Gasteiger partial charge in [-0.15, -0.1) is 0 Å². The molecule has 0 atom stereocenters. The normalized spacial score (nSPS) is 10.1. The maximum absolute atomic E-state index is 11.8. The average Bonchev–Trinajstić information content (AvgIpc) is 2.65. The first-order valence-corrected chi connectivity index (χ1v) is 4.49. The van der Waals surface area contributed by atoms with Crippen molar-refractivity contribution in [3.63, 3.8) is 0 Å². The number of nitrogens with one attached hydrogen (secondary N) is 1. The molecule has 2 aromatic rings. The first-order chi connectivity index (χ1) is 7.68. The van der Waals surface area contributed by atoms with Gasteiger partial charge in [-0.1, -0.05) is 5.10 Å². The molecule has 0 bridgehead atoms. The Morgan fingerprint density at radius 2 is 2.31 bits per heavy atom. The summed E-state index contributed by atoms with van der Waals surface area (Å²) in [6.45, 7) is 1.73. The Hall–Kier alpha value is -2.38. The largest absolute Gasteiger partial charge is 0.289 e. The highest BCUT2D eigenvalue weighted by molar-refractivity contribution is 6.03. The highest BCUT2D eigenvalue weighted by Crippen LogP contribution is 2.05. The van der Waals surface area contributed by atoms with Crippen molar-refractivity contribution in [2.45, 2.75) is 6.92 Å². The summed E-state index contributed by atoms with van der Waals surface area (Å²) in [5.74, 6) is -0.0655. The lowest BCUT2D eigenvalue weighted by Gasteiger charge is -2.03. The minimum atomic E-state index is -0.337. The van der Waals surface area contributed by atoms with Crippen LogP contribution in [-0.4, -0.2) is 36.1 Å². The number of aromatic nitrogens is 6. The van der Waals surface area contributed by atoms with Crippen molar-refractivity contribution in [3.05, 3.63) is 23.8 Å². The Bertz CT molecular complexity index is 521. The van der Waals surface area contributed by atoms with Crippen molar-refractivity contribution >= 4 is 11.9 Å². The highest BCUT2D eigenvalue weighted by atomic mass is 16.1. The second-order valence-electron chi connectivity index (χ2n) is 3.10. The molecule has 2 aromatic heterocycles. The predicted octanol–water partition coefficient (Wildman–Crippen LogP) is -0.439. The Kier molecular flexibility index (Phi) is 2.54. The van der Waals surface area contributed by atoms with E-state index in [0.29, 0.717) is 11.3 Å². The molecule has 8 nitrogen and oxygen atoms in total. The van der Waals surface area contributed by atoms with Crippen LogP contribution in [0.4, 0.5) is 5.95 Å². The van der Waals surface area contributed by atoms with Crippen molar-refractivity contribution in [2.24, 2.45) is 7.05 Å². The van der Waals surface area contributed by atoms with Crippen LogP contribution in [0.5, 0.6) is 0 Å². The van der Waals surface area contributed by atoms with E-state index >= 15 is 0 Å². The maximum Gasteiger partial charge on any atom is 0.261 e. The quantitative estimate of drug-likeness (QED) is 0.735. The summed E-state index contributed by atoms with van der Waals surface area (Å²) in [7, 11) is 1.63. The number of nitrogens with zero attached hydrogens (tertiary/aromatic N) is 6. The van der Waals surface area contributed by atoms with E-state index < -0.39 is 0 Å². The molecule has 0 spiro atoms. The van der Waals surface area contributed by atoms with Crippen LogP contribution in [0.3, 0.4) is 0 Å². The molecule has 0 aliphatic rings. The van der Waals surface area contributed by atoms with E-state index in [-0.39, 0.29) is 11.9 Å². The second kappa shape index (κ2) is 4.01. The van der Waals surface area contributed by atoms with E-state index in [1.54, 1.807) is 14.0 Å². The van der Waals surface area contributed by atoms with Gasteiger partial charge in [0, 0.05) is 13.2 Å². The molecule has 1 amide bonds. The third-order valence-electron chi connectivity index (χ3n) is 2.00. The molecule has 0 aliphatic carbocycles. The molecule has 82 valence electrons. The average molecular weight is 219 g/mol. The van der Waals surface area contributed by atoms with Gasteiger partial charge in [0.25, 0.3) is 5.91 Å². The first-order valence-electron chi connectivity index (χ1n) is 4.49. The van der Waals surface area contributed by atoms with Crippen LogP contribution in [-0.2, 0) is 7.05 Å². The van der Waals surface area contributed by atoms with Crippen molar-refractivity contribution in [3.8, 4) is 0 Å². The van der Waals surface area contributed by atoms with E-state index in [4.69, 9.17) is 0 Å². The number of tetrazole rings is 1. The Balaban J connectivity index is 2.22. The summed E-state index contributed by atoms with van der Waals surface area (Å²) >= 11 is 0. The molecule has 1 N–H and O–H groups in total. The molecule has 8 heteroatoms. The Morgan fingerprint density at radius 1 is 1.50 bits per heavy atom. The molecule has 0 unspecified atom stereocenters. The number of hydrogen-bond acceptors (Lipinski definition) is 6. The van der Waals surface area contributed by atoms with Crippen molar-refractivity contribution in [2.75, 3.05) is 5.32 Å². The van der Waals surface area contributed by atoms with Gasteiger partial charge in [-0.05, 0) is 17.4 Å². The molecule has 0 saturated heterocycles. The number of carbonyl (C=O) groups is 1. The molecule has 0 radical (unpaired) electrons. The zero-order valence-electron chi connectivity index (χ0n) is 8.75. The number of anilines is 1. The van der Waals surface area contributed by atoms with Gasteiger partial charge in [0.1, 0.15) is 6.33 Å². The second-order valence-corrected chi connectivity index (χ2v) is 3.10. The van der Waals surface area contributed by atoms with Crippen LogP contribution in [0, 0.1) is 6.92 Å². The number of rotatable bonds is 2. The van der Waals surface area contributed by atoms with Crippen LogP contribution in [0.2, 0.25) is 0 Å². The van der Waals surface area contributed by atoms with Gasteiger partial charge in [-0.3, -0.25) is 10.1 Å². The predicted molar refractivity (Wildman–Crippen MR) is 53.5 cm³/mol. The van der Waals surface area contributed by atoms with Gasteiger partial charge in [0.05, 0.1) is 11.3 Å². The molecule has 0 fully saturated rings. The third-order valence-corrected chi connectivity index (χ3v) is 2.00. The summed E-state index contributed by atoms with van der Waals surface area (Å²) in [6.07, 6.45) is 2.83. The highest BCUT2D eigenvalue weighted by Gasteiger charge is 2.12. The summed E-state index contributed by atoms with van der Waals surface area (Å²) in [6, 6.07) is 0. The SMILES string of the molecule is Cc1ncncc1C(=O)Nc1nnnn1C. The summed E-state index contributed by atoms with van der Waals surface area (Å²) in [5, 5.41) is 13.2. The first kappa shape index (κ1) is 10.1. The molecule has 2 rings (SSSR count). The Morgan fingerprint density at radius 3 is 2.94 bits per heavy atom. The van der Waals surface area contributed by atoms with E-state index in [1.807, 2.05) is 0 Å². The van der Waals surface area contributed by atoms with E-state index in [1.165, 1.54) is 17.2 Å². The van der Waals surface area contributed by atoms with Gasteiger partial charge in [0.15, 0.2) is 0 Å².